The fourth-order valence-corrected chi connectivity index (χ4v) is 3.93. The van der Waals surface area contributed by atoms with Gasteiger partial charge in [-0.05, 0) is 60.7 Å². The van der Waals surface area contributed by atoms with Crippen LogP contribution >= 0.6 is 34.7 Å². The number of anilines is 1. The minimum atomic E-state index is -0.283. The van der Waals surface area contributed by atoms with Crippen LogP contribution in [-0.4, -0.2) is 16.6 Å². The van der Waals surface area contributed by atoms with Crippen LogP contribution < -0.4 is 5.32 Å². The van der Waals surface area contributed by atoms with Gasteiger partial charge in [-0.15, -0.1) is 23.1 Å². The highest BCUT2D eigenvalue weighted by Gasteiger charge is 2.08. The molecule has 0 fully saturated rings. The van der Waals surface area contributed by atoms with Crippen molar-refractivity contribution in [3.63, 3.8) is 0 Å². The quantitative estimate of drug-likeness (QED) is 0.380. The van der Waals surface area contributed by atoms with E-state index in [9.17, 15) is 9.18 Å². The molecule has 0 radical (unpaired) electrons. The predicted octanol–water partition coefficient (Wildman–Crippen LogP) is 6.11. The Hall–Kier alpha value is -1.89. The Morgan fingerprint density at radius 3 is 2.62 bits per heavy atom. The van der Waals surface area contributed by atoms with Crippen molar-refractivity contribution in [3.05, 3.63) is 64.8 Å². The van der Waals surface area contributed by atoms with Gasteiger partial charge in [-0.2, -0.15) is 0 Å². The molecule has 0 atom stereocenters. The van der Waals surface area contributed by atoms with E-state index >= 15 is 0 Å². The molecule has 1 amide bonds. The lowest BCUT2D eigenvalue weighted by molar-refractivity contribution is -0.116. The molecule has 0 aliphatic carbocycles. The van der Waals surface area contributed by atoms with Crippen LogP contribution in [0.25, 0.3) is 11.3 Å². The maximum Gasteiger partial charge on any atom is 0.226 e. The molecule has 3 aromatic rings. The fourth-order valence-electron chi connectivity index (χ4n) is 2.22. The van der Waals surface area contributed by atoms with Crippen molar-refractivity contribution < 1.29 is 9.18 Å². The molecule has 0 aliphatic rings. The minimum absolute atomic E-state index is 0.0540. The van der Waals surface area contributed by atoms with Crippen molar-refractivity contribution in [3.8, 4) is 11.3 Å². The lowest BCUT2D eigenvalue weighted by Gasteiger charge is -2.03. The summed E-state index contributed by atoms with van der Waals surface area (Å²) in [5.41, 5.74) is 1.55. The predicted molar refractivity (Wildman–Crippen MR) is 108 cm³/mol. The Bertz CT molecular complexity index is 866. The van der Waals surface area contributed by atoms with Gasteiger partial charge in [-0.3, -0.25) is 4.79 Å². The first-order chi connectivity index (χ1) is 12.6. The largest absolute Gasteiger partial charge is 0.302 e. The van der Waals surface area contributed by atoms with Gasteiger partial charge in [0.25, 0.3) is 0 Å². The third-order valence-corrected chi connectivity index (χ3v) is 5.63. The van der Waals surface area contributed by atoms with Gasteiger partial charge in [-0.25, -0.2) is 9.37 Å². The van der Waals surface area contributed by atoms with Gasteiger partial charge in [0.15, 0.2) is 5.13 Å². The van der Waals surface area contributed by atoms with Crippen LogP contribution in [0.15, 0.2) is 58.8 Å². The van der Waals surface area contributed by atoms with Crippen LogP contribution in [0.1, 0.15) is 12.8 Å². The number of hydrogen-bond donors (Lipinski definition) is 1. The van der Waals surface area contributed by atoms with E-state index in [-0.39, 0.29) is 11.7 Å². The number of hydrogen-bond acceptors (Lipinski definition) is 4. The number of halogens is 2. The van der Waals surface area contributed by atoms with Gasteiger partial charge in [0.2, 0.25) is 5.91 Å². The highest BCUT2D eigenvalue weighted by Crippen LogP contribution is 2.25. The Morgan fingerprint density at radius 1 is 1.15 bits per heavy atom. The molecule has 134 valence electrons. The highest BCUT2D eigenvalue weighted by molar-refractivity contribution is 7.99. The van der Waals surface area contributed by atoms with E-state index in [1.807, 2.05) is 29.6 Å². The minimum Gasteiger partial charge on any atom is -0.302 e. The van der Waals surface area contributed by atoms with Gasteiger partial charge < -0.3 is 5.32 Å². The first-order valence-corrected chi connectivity index (χ1v) is 10.2. The van der Waals surface area contributed by atoms with Crippen molar-refractivity contribution in [1.29, 1.82) is 0 Å². The van der Waals surface area contributed by atoms with Gasteiger partial charge in [-0.1, -0.05) is 11.6 Å². The van der Waals surface area contributed by atoms with E-state index in [0.29, 0.717) is 11.6 Å². The van der Waals surface area contributed by atoms with Crippen LogP contribution in [0.3, 0.4) is 0 Å². The molecule has 1 aromatic heterocycles. The maximum absolute atomic E-state index is 13.0. The van der Waals surface area contributed by atoms with E-state index in [0.717, 1.165) is 33.3 Å². The molecule has 0 saturated heterocycles. The molecular formula is C19H16ClFN2OS2. The zero-order valence-electron chi connectivity index (χ0n) is 13.7. The molecule has 0 saturated carbocycles. The standard InChI is InChI=1S/C19H16ClFN2OS2/c20-14-5-9-16(10-6-14)25-11-1-2-18(24)23-19-22-17(12-26-19)13-3-7-15(21)8-4-13/h3-10,12H,1-2,11H2,(H,22,23,24). The van der Waals surface area contributed by atoms with E-state index in [2.05, 4.69) is 10.3 Å². The van der Waals surface area contributed by atoms with Crippen LogP contribution in [0.2, 0.25) is 5.02 Å². The summed E-state index contributed by atoms with van der Waals surface area (Å²) < 4.78 is 13.0. The van der Waals surface area contributed by atoms with Crippen LogP contribution in [0.4, 0.5) is 9.52 Å². The number of thiazole rings is 1. The smallest absolute Gasteiger partial charge is 0.226 e. The topological polar surface area (TPSA) is 42.0 Å². The number of carbonyl (C=O) groups excluding carboxylic acids is 1. The van der Waals surface area contributed by atoms with Crippen molar-refractivity contribution in [2.75, 3.05) is 11.1 Å². The lowest BCUT2D eigenvalue weighted by atomic mass is 10.2. The fraction of sp³-hybridized carbons (Fsp3) is 0.158. The molecule has 3 rings (SSSR count). The number of amides is 1. The Morgan fingerprint density at radius 2 is 1.88 bits per heavy atom. The molecular weight excluding hydrogens is 391 g/mol. The zero-order chi connectivity index (χ0) is 18.4. The average molecular weight is 407 g/mol. The van der Waals surface area contributed by atoms with Gasteiger partial charge in [0, 0.05) is 27.3 Å². The molecule has 0 aliphatic heterocycles. The average Bonchev–Trinajstić information content (AvgIpc) is 3.09. The number of nitrogens with one attached hydrogen (secondary N) is 1. The molecule has 1 N–H and O–H groups in total. The van der Waals surface area contributed by atoms with Crippen molar-refractivity contribution >= 4 is 45.7 Å². The number of benzene rings is 2. The van der Waals surface area contributed by atoms with Crippen molar-refractivity contribution in [1.82, 2.24) is 4.98 Å². The molecule has 0 bridgehead atoms. The number of rotatable bonds is 7. The second kappa shape index (κ2) is 9.16. The second-order valence-corrected chi connectivity index (χ2v) is 7.96. The summed E-state index contributed by atoms with van der Waals surface area (Å²) in [6.07, 6.45) is 1.21. The summed E-state index contributed by atoms with van der Waals surface area (Å²) in [4.78, 5) is 17.6. The Labute approximate surface area is 164 Å². The maximum atomic E-state index is 13.0. The number of aromatic nitrogens is 1. The van der Waals surface area contributed by atoms with Crippen molar-refractivity contribution in [2.24, 2.45) is 0 Å². The highest BCUT2D eigenvalue weighted by atomic mass is 35.5. The van der Waals surface area contributed by atoms with Crippen molar-refractivity contribution in [2.45, 2.75) is 17.7 Å². The number of nitrogens with zero attached hydrogens (tertiary/aromatic N) is 1. The van der Waals surface area contributed by atoms with E-state index in [1.165, 1.54) is 23.5 Å². The normalized spacial score (nSPS) is 10.7. The summed E-state index contributed by atoms with van der Waals surface area (Å²) >= 11 is 8.91. The number of carbonyl (C=O) groups is 1. The molecule has 0 spiro atoms. The summed E-state index contributed by atoms with van der Waals surface area (Å²) in [5.74, 6) is 0.518. The Kier molecular flexibility index (Phi) is 6.66. The monoisotopic (exact) mass is 406 g/mol. The molecule has 2 aromatic carbocycles. The Balaban J connectivity index is 1.43. The first-order valence-electron chi connectivity index (χ1n) is 8.00. The number of thioether (sulfide) groups is 1. The van der Waals surface area contributed by atoms with E-state index < -0.39 is 0 Å². The van der Waals surface area contributed by atoms with Gasteiger partial charge in [0.1, 0.15) is 5.82 Å². The molecule has 7 heteroatoms. The van der Waals surface area contributed by atoms with Crippen LogP contribution in [0, 0.1) is 5.82 Å². The van der Waals surface area contributed by atoms with Crippen LogP contribution in [0.5, 0.6) is 0 Å². The summed E-state index contributed by atoms with van der Waals surface area (Å²) in [5, 5.41) is 5.94. The summed E-state index contributed by atoms with van der Waals surface area (Å²) in [7, 11) is 0. The lowest BCUT2D eigenvalue weighted by Crippen LogP contribution is -2.11. The zero-order valence-corrected chi connectivity index (χ0v) is 16.1. The van der Waals surface area contributed by atoms with Gasteiger partial charge in [0.05, 0.1) is 5.69 Å². The van der Waals surface area contributed by atoms with Crippen LogP contribution in [-0.2, 0) is 4.79 Å². The first kappa shape index (κ1) is 18.9. The van der Waals surface area contributed by atoms with E-state index in [4.69, 9.17) is 11.6 Å². The van der Waals surface area contributed by atoms with E-state index in [1.54, 1.807) is 23.9 Å². The summed E-state index contributed by atoms with van der Waals surface area (Å²) in [6, 6.07) is 13.8. The third kappa shape index (κ3) is 5.56. The third-order valence-electron chi connectivity index (χ3n) is 3.52. The second-order valence-electron chi connectivity index (χ2n) is 5.50. The van der Waals surface area contributed by atoms with Gasteiger partial charge >= 0.3 is 0 Å². The molecule has 0 unspecified atom stereocenters. The summed E-state index contributed by atoms with van der Waals surface area (Å²) in [6.45, 7) is 0. The molecule has 1 heterocycles. The molecule has 3 nitrogen and oxygen atoms in total. The molecule has 26 heavy (non-hydrogen) atoms. The SMILES string of the molecule is O=C(CCCSc1ccc(Cl)cc1)Nc1nc(-c2ccc(F)cc2)cs1.